The Labute approximate surface area is 152 Å². The third-order valence-corrected chi connectivity index (χ3v) is 3.55. The fourth-order valence-corrected chi connectivity index (χ4v) is 2.06. The van der Waals surface area contributed by atoms with E-state index in [4.69, 9.17) is 11.5 Å². The van der Waals surface area contributed by atoms with Gasteiger partial charge in [0.15, 0.2) is 0 Å². The highest BCUT2D eigenvalue weighted by atomic mass is 16.2. The van der Waals surface area contributed by atoms with Crippen LogP contribution in [0.15, 0.2) is 35.8 Å². The topological polar surface area (TPSA) is 143 Å². The molecule has 1 aromatic rings. The monoisotopic (exact) mass is 362 g/mol. The minimum Gasteiger partial charge on any atom is -0.383 e. The van der Waals surface area contributed by atoms with Crippen molar-refractivity contribution < 1.29 is 14.4 Å². The highest BCUT2D eigenvalue weighted by Crippen LogP contribution is 2.03. The van der Waals surface area contributed by atoms with E-state index in [0.717, 1.165) is 11.1 Å². The molecule has 1 aromatic carbocycles. The van der Waals surface area contributed by atoms with Crippen molar-refractivity contribution in [3.05, 3.63) is 46.9 Å². The van der Waals surface area contributed by atoms with Crippen molar-refractivity contribution in [2.75, 3.05) is 27.2 Å². The van der Waals surface area contributed by atoms with Crippen LogP contribution >= 0.6 is 0 Å². The molecule has 0 fully saturated rings. The summed E-state index contributed by atoms with van der Waals surface area (Å²) in [5.41, 5.74) is 13.1. The van der Waals surface area contributed by atoms with Crippen LogP contribution in [0, 0.1) is 6.92 Å². The molecule has 0 atom stereocenters. The zero-order valence-corrected chi connectivity index (χ0v) is 15.3. The standard InChI is InChI=1S/C17H26N6O3/c1-11-4-6-12(7-5-11)8-21-14(25)9-22-15(17(26)20-2)16(19)23(3)10-13(18)24/h4-7,22H,8-10,19H2,1-3H3,(H2,18,24)(H,20,26)(H,21,25)/b16-15+. The molecule has 7 N–H and O–H groups in total. The van der Waals surface area contributed by atoms with Gasteiger partial charge in [-0.05, 0) is 12.5 Å². The zero-order chi connectivity index (χ0) is 19.7. The number of nitrogens with zero attached hydrogens (tertiary/aromatic N) is 1. The Morgan fingerprint density at radius 3 is 2.23 bits per heavy atom. The average Bonchev–Trinajstić information content (AvgIpc) is 2.60. The van der Waals surface area contributed by atoms with Crippen molar-refractivity contribution in [3.8, 4) is 0 Å². The van der Waals surface area contributed by atoms with Crippen LogP contribution in [0.1, 0.15) is 11.1 Å². The van der Waals surface area contributed by atoms with Crippen molar-refractivity contribution in [1.82, 2.24) is 20.9 Å². The molecule has 0 aromatic heterocycles. The summed E-state index contributed by atoms with van der Waals surface area (Å²) in [6.45, 7) is 2.04. The van der Waals surface area contributed by atoms with E-state index in [9.17, 15) is 14.4 Å². The fourth-order valence-electron chi connectivity index (χ4n) is 2.06. The van der Waals surface area contributed by atoms with Crippen molar-refractivity contribution in [3.63, 3.8) is 0 Å². The van der Waals surface area contributed by atoms with Crippen LogP contribution in [0.2, 0.25) is 0 Å². The number of nitrogens with two attached hydrogens (primary N) is 2. The number of rotatable bonds is 9. The number of carbonyl (C=O) groups excluding carboxylic acids is 3. The number of nitrogens with one attached hydrogen (secondary N) is 3. The maximum absolute atomic E-state index is 12.0. The van der Waals surface area contributed by atoms with Crippen molar-refractivity contribution in [2.24, 2.45) is 11.5 Å². The third kappa shape index (κ3) is 6.71. The molecule has 0 radical (unpaired) electrons. The minimum absolute atomic E-state index is 0.00878. The Balaban J connectivity index is 2.67. The number of likely N-dealkylation sites (N-methyl/N-ethyl adjacent to an activating group) is 2. The normalized spacial score (nSPS) is 11.2. The summed E-state index contributed by atoms with van der Waals surface area (Å²) in [6.07, 6.45) is 0. The molecule has 0 saturated carbocycles. The van der Waals surface area contributed by atoms with Gasteiger partial charge in [-0.1, -0.05) is 29.8 Å². The first kappa shape index (κ1) is 20.8. The van der Waals surface area contributed by atoms with E-state index in [1.165, 1.54) is 19.0 Å². The van der Waals surface area contributed by atoms with Gasteiger partial charge < -0.3 is 32.3 Å². The molecule has 0 aliphatic heterocycles. The molecule has 9 nitrogen and oxygen atoms in total. The highest BCUT2D eigenvalue weighted by Gasteiger charge is 2.17. The summed E-state index contributed by atoms with van der Waals surface area (Å²) in [5, 5.41) is 7.88. The molecule has 9 heteroatoms. The first-order valence-electron chi connectivity index (χ1n) is 8.02. The quantitative estimate of drug-likeness (QED) is 0.338. The third-order valence-electron chi connectivity index (χ3n) is 3.55. The smallest absolute Gasteiger partial charge is 0.270 e. The van der Waals surface area contributed by atoms with Gasteiger partial charge in [0.2, 0.25) is 11.8 Å². The molecule has 142 valence electrons. The van der Waals surface area contributed by atoms with E-state index in [1.54, 1.807) is 0 Å². The van der Waals surface area contributed by atoms with Crippen LogP contribution in [0.25, 0.3) is 0 Å². The SMILES string of the molecule is CNC(=O)/C(NCC(=O)NCc1ccc(C)cc1)=C(/N)N(C)CC(N)=O. The number of amides is 3. The lowest BCUT2D eigenvalue weighted by atomic mass is 10.1. The molecule has 0 saturated heterocycles. The van der Waals surface area contributed by atoms with Gasteiger partial charge in [-0.15, -0.1) is 0 Å². The van der Waals surface area contributed by atoms with Crippen LogP contribution in [0.3, 0.4) is 0 Å². The van der Waals surface area contributed by atoms with E-state index < -0.39 is 11.8 Å². The molecule has 0 spiro atoms. The van der Waals surface area contributed by atoms with Crippen molar-refractivity contribution in [1.29, 1.82) is 0 Å². The summed E-state index contributed by atoms with van der Waals surface area (Å²) in [6, 6.07) is 7.77. The largest absolute Gasteiger partial charge is 0.383 e. The van der Waals surface area contributed by atoms with Crippen molar-refractivity contribution >= 4 is 17.7 Å². The Morgan fingerprint density at radius 2 is 1.69 bits per heavy atom. The number of primary amides is 1. The summed E-state index contributed by atoms with van der Waals surface area (Å²) in [7, 11) is 2.95. The van der Waals surface area contributed by atoms with Crippen LogP contribution in [0.5, 0.6) is 0 Å². The molecular weight excluding hydrogens is 336 g/mol. The number of benzene rings is 1. The predicted octanol–water partition coefficient (Wildman–Crippen LogP) is -1.51. The molecule has 0 aliphatic carbocycles. The molecule has 0 unspecified atom stereocenters. The Bertz CT molecular complexity index is 684. The van der Waals surface area contributed by atoms with Gasteiger partial charge in [-0.2, -0.15) is 0 Å². The lowest BCUT2D eigenvalue weighted by molar-refractivity contribution is -0.121. The lowest BCUT2D eigenvalue weighted by Gasteiger charge is -2.21. The zero-order valence-electron chi connectivity index (χ0n) is 15.3. The second-order valence-corrected chi connectivity index (χ2v) is 5.78. The average molecular weight is 362 g/mol. The van der Waals surface area contributed by atoms with Crippen molar-refractivity contribution in [2.45, 2.75) is 13.5 Å². The fraction of sp³-hybridized carbons (Fsp3) is 0.353. The maximum atomic E-state index is 12.0. The number of carbonyl (C=O) groups is 3. The maximum Gasteiger partial charge on any atom is 0.270 e. The molecule has 1 rings (SSSR count). The van der Waals surface area contributed by atoms with E-state index >= 15 is 0 Å². The van der Waals surface area contributed by atoms with Gasteiger partial charge in [0.05, 0.1) is 13.1 Å². The molecule has 26 heavy (non-hydrogen) atoms. The molecule has 0 aliphatic rings. The predicted molar refractivity (Wildman–Crippen MR) is 98.1 cm³/mol. The molecule has 0 heterocycles. The van der Waals surface area contributed by atoms with Crippen LogP contribution in [0.4, 0.5) is 0 Å². The molecule has 0 bridgehead atoms. The summed E-state index contributed by atoms with van der Waals surface area (Å²) >= 11 is 0. The number of hydrogen-bond donors (Lipinski definition) is 5. The summed E-state index contributed by atoms with van der Waals surface area (Å²) < 4.78 is 0. The van der Waals surface area contributed by atoms with Gasteiger partial charge in [-0.3, -0.25) is 14.4 Å². The number of hydrogen-bond acceptors (Lipinski definition) is 6. The first-order chi connectivity index (χ1) is 12.2. The van der Waals surface area contributed by atoms with Gasteiger partial charge >= 0.3 is 0 Å². The van der Waals surface area contributed by atoms with Gasteiger partial charge in [0.1, 0.15) is 11.5 Å². The lowest BCUT2D eigenvalue weighted by Crippen LogP contribution is -2.42. The van der Waals surface area contributed by atoms with E-state index in [0.29, 0.717) is 6.54 Å². The van der Waals surface area contributed by atoms with Crippen LogP contribution in [-0.2, 0) is 20.9 Å². The number of aryl methyl sites for hydroxylation is 1. The second-order valence-electron chi connectivity index (χ2n) is 5.78. The Kier molecular flexibility index (Phi) is 7.94. The molecule has 3 amide bonds. The van der Waals surface area contributed by atoms with E-state index in [-0.39, 0.29) is 30.5 Å². The first-order valence-corrected chi connectivity index (χ1v) is 8.02. The van der Waals surface area contributed by atoms with E-state index in [1.807, 2.05) is 31.2 Å². The molecular formula is C17H26N6O3. The highest BCUT2D eigenvalue weighted by molar-refractivity contribution is 5.94. The Hall–Kier alpha value is -3.23. The van der Waals surface area contributed by atoms with Gasteiger partial charge in [-0.25, -0.2) is 0 Å². The van der Waals surface area contributed by atoms with E-state index in [2.05, 4.69) is 16.0 Å². The Morgan fingerprint density at radius 1 is 1.08 bits per heavy atom. The second kappa shape index (κ2) is 9.92. The van der Waals surface area contributed by atoms with Gasteiger partial charge in [0, 0.05) is 20.6 Å². The van der Waals surface area contributed by atoms with Crippen LogP contribution < -0.4 is 27.4 Å². The summed E-state index contributed by atoms with van der Waals surface area (Å²) in [4.78, 5) is 36.3. The van der Waals surface area contributed by atoms with Gasteiger partial charge in [0.25, 0.3) is 5.91 Å². The summed E-state index contributed by atoms with van der Waals surface area (Å²) in [5.74, 6) is -1.40. The minimum atomic E-state index is -0.595. The van der Waals surface area contributed by atoms with Crippen LogP contribution in [-0.4, -0.2) is 49.8 Å².